The molecule has 0 fully saturated rings. The average Bonchev–Trinajstić information content (AvgIpc) is 2.66. The van der Waals surface area contributed by atoms with Crippen LogP contribution in [0.4, 0.5) is 0 Å². The Bertz CT molecular complexity index is 544. The molecule has 0 radical (unpaired) electrons. The minimum atomic E-state index is 0.0983. The molecule has 1 N–H and O–H groups in total. The summed E-state index contributed by atoms with van der Waals surface area (Å²) in [6.07, 6.45) is 1.82. The van der Waals surface area contributed by atoms with E-state index >= 15 is 0 Å². The topological polar surface area (TPSA) is 29.9 Å². The summed E-state index contributed by atoms with van der Waals surface area (Å²) in [5, 5.41) is 7.63. The van der Waals surface area contributed by atoms with Gasteiger partial charge in [-0.2, -0.15) is 5.10 Å². The summed E-state index contributed by atoms with van der Waals surface area (Å²) < 4.78 is 4.00. The monoisotopic (exact) mass is 371 g/mol. The number of aryl methyl sites for hydroxylation is 2. The van der Waals surface area contributed by atoms with Crippen molar-refractivity contribution < 1.29 is 0 Å². The van der Waals surface area contributed by atoms with Crippen LogP contribution < -0.4 is 5.32 Å². The quantitative estimate of drug-likeness (QED) is 0.892. The van der Waals surface area contributed by atoms with Gasteiger partial charge in [0.1, 0.15) is 0 Å². The van der Waals surface area contributed by atoms with Crippen molar-refractivity contribution in [3.63, 3.8) is 0 Å². The number of hydrogen-bond donors (Lipinski definition) is 1. The third-order valence-electron chi connectivity index (χ3n) is 2.96. The van der Waals surface area contributed by atoms with Gasteiger partial charge in [-0.3, -0.25) is 4.68 Å². The Morgan fingerprint density at radius 2 is 2.00 bits per heavy atom. The van der Waals surface area contributed by atoms with Crippen LogP contribution in [0.2, 0.25) is 0 Å². The zero-order chi connectivity index (χ0) is 13.3. The second-order valence-electron chi connectivity index (χ2n) is 4.25. The molecule has 2 rings (SSSR count). The maximum absolute atomic E-state index is 4.28. The molecule has 0 aliphatic heterocycles. The summed E-state index contributed by atoms with van der Waals surface area (Å²) in [5.74, 6) is 0. The second kappa shape index (κ2) is 5.55. The smallest absolute Gasteiger partial charge is 0.0768 e. The summed E-state index contributed by atoms with van der Waals surface area (Å²) in [7, 11) is 3.91. The fraction of sp³-hybridized carbons (Fsp3) is 0.308. The molecular formula is C13H15Br2N3. The van der Waals surface area contributed by atoms with E-state index in [1.807, 2.05) is 25.0 Å². The van der Waals surface area contributed by atoms with E-state index in [9.17, 15) is 0 Å². The van der Waals surface area contributed by atoms with Gasteiger partial charge >= 0.3 is 0 Å². The molecule has 0 aliphatic rings. The van der Waals surface area contributed by atoms with Crippen LogP contribution in [0.25, 0.3) is 0 Å². The predicted molar refractivity (Wildman–Crippen MR) is 80.7 cm³/mol. The number of aromatic nitrogens is 2. The van der Waals surface area contributed by atoms with Crippen molar-refractivity contribution in [1.29, 1.82) is 0 Å². The summed E-state index contributed by atoms with van der Waals surface area (Å²) in [5.41, 5.74) is 3.57. The van der Waals surface area contributed by atoms with Crippen molar-refractivity contribution in [2.75, 3.05) is 7.05 Å². The SMILES string of the molecule is CNC(c1cc(C)ccc1Br)c1c(Br)cnn1C. The first kappa shape index (κ1) is 13.8. The van der Waals surface area contributed by atoms with Crippen molar-refractivity contribution in [3.05, 3.63) is 50.2 Å². The number of nitrogens with one attached hydrogen (secondary N) is 1. The molecule has 2 aromatic rings. The molecule has 3 nitrogen and oxygen atoms in total. The highest BCUT2D eigenvalue weighted by atomic mass is 79.9. The molecule has 1 unspecified atom stereocenters. The maximum atomic E-state index is 4.28. The van der Waals surface area contributed by atoms with Gasteiger partial charge in [0.05, 0.1) is 22.4 Å². The predicted octanol–water partition coefficient (Wildman–Crippen LogP) is 3.56. The summed E-state index contributed by atoms with van der Waals surface area (Å²) in [4.78, 5) is 0. The van der Waals surface area contributed by atoms with Gasteiger partial charge in [0, 0.05) is 11.5 Å². The summed E-state index contributed by atoms with van der Waals surface area (Å²) in [6.45, 7) is 2.10. The number of halogens is 2. The van der Waals surface area contributed by atoms with Crippen molar-refractivity contribution in [2.24, 2.45) is 7.05 Å². The van der Waals surface area contributed by atoms with E-state index < -0.39 is 0 Å². The lowest BCUT2D eigenvalue weighted by atomic mass is 10.0. The van der Waals surface area contributed by atoms with E-state index in [4.69, 9.17) is 0 Å². The van der Waals surface area contributed by atoms with E-state index in [1.165, 1.54) is 11.1 Å². The van der Waals surface area contributed by atoms with Gasteiger partial charge in [-0.1, -0.05) is 33.6 Å². The highest BCUT2D eigenvalue weighted by Crippen LogP contribution is 2.32. The molecule has 1 atom stereocenters. The second-order valence-corrected chi connectivity index (χ2v) is 5.96. The molecular weight excluding hydrogens is 358 g/mol. The van der Waals surface area contributed by atoms with E-state index in [0.29, 0.717) is 0 Å². The van der Waals surface area contributed by atoms with E-state index in [0.717, 1.165) is 14.6 Å². The molecule has 1 heterocycles. The van der Waals surface area contributed by atoms with Gasteiger partial charge in [-0.25, -0.2) is 0 Å². The fourth-order valence-corrected chi connectivity index (χ4v) is 3.12. The maximum Gasteiger partial charge on any atom is 0.0768 e. The average molecular weight is 373 g/mol. The van der Waals surface area contributed by atoms with Crippen LogP contribution in [0.5, 0.6) is 0 Å². The van der Waals surface area contributed by atoms with Crippen LogP contribution in [0.15, 0.2) is 33.3 Å². The van der Waals surface area contributed by atoms with Gasteiger partial charge in [0.25, 0.3) is 0 Å². The first-order valence-electron chi connectivity index (χ1n) is 5.65. The highest BCUT2D eigenvalue weighted by Gasteiger charge is 2.21. The van der Waals surface area contributed by atoms with E-state index in [1.54, 1.807) is 0 Å². The molecule has 1 aromatic carbocycles. The van der Waals surface area contributed by atoms with E-state index in [2.05, 4.69) is 67.4 Å². The summed E-state index contributed by atoms with van der Waals surface area (Å²) >= 11 is 7.18. The normalized spacial score (nSPS) is 12.7. The zero-order valence-electron chi connectivity index (χ0n) is 10.5. The van der Waals surface area contributed by atoms with Gasteiger partial charge in [0.15, 0.2) is 0 Å². The molecule has 96 valence electrons. The van der Waals surface area contributed by atoms with E-state index in [-0.39, 0.29) is 6.04 Å². The standard InChI is InChI=1S/C13H15Br2N3/c1-8-4-5-10(14)9(6-8)12(16-2)13-11(15)7-17-18(13)3/h4-7,12,16H,1-3H3. The number of hydrogen-bond acceptors (Lipinski definition) is 2. The van der Waals surface area contributed by atoms with Gasteiger partial charge in [-0.15, -0.1) is 0 Å². The molecule has 0 aliphatic carbocycles. The molecule has 0 bridgehead atoms. The van der Waals surface area contributed by atoms with Crippen molar-refractivity contribution in [1.82, 2.24) is 15.1 Å². The first-order chi connectivity index (χ1) is 8.54. The Morgan fingerprint density at radius 1 is 1.28 bits per heavy atom. The molecule has 1 aromatic heterocycles. The minimum Gasteiger partial charge on any atom is -0.308 e. The van der Waals surface area contributed by atoms with Crippen LogP contribution in [0, 0.1) is 6.92 Å². The molecule has 5 heteroatoms. The van der Waals surface area contributed by atoms with Crippen molar-refractivity contribution in [3.8, 4) is 0 Å². The number of rotatable bonds is 3. The third-order valence-corrected chi connectivity index (χ3v) is 4.30. The Hall–Kier alpha value is -0.650. The van der Waals surface area contributed by atoms with Crippen molar-refractivity contribution >= 4 is 31.9 Å². The van der Waals surface area contributed by atoms with Crippen LogP contribution in [-0.4, -0.2) is 16.8 Å². The third kappa shape index (κ3) is 2.53. The number of nitrogens with zero attached hydrogens (tertiary/aromatic N) is 2. The molecule has 0 saturated carbocycles. The zero-order valence-corrected chi connectivity index (χ0v) is 13.7. The Morgan fingerprint density at radius 3 is 2.56 bits per heavy atom. The molecule has 0 spiro atoms. The van der Waals surface area contributed by atoms with Crippen LogP contribution in [0.1, 0.15) is 22.9 Å². The van der Waals surface area contributed by atoms with Crippen LogP contribution >= 0.6 is 31.9 Å². The van der Waals surface area contributed by atoms with Crippen molar-refractivity contribution in [2.45, 2.75) is 13.0 Å². The summed E-state index contributed by atoms with van der Waals surface area (Å²) in [6, 6.07) is 6.46. The minimum absolute atomic E-state index is 0.0983. The van der Waals surface area contributed by atoms with Crippen LogP contribution in [-0.2, 0) is 7.05 Å². The lowest BCUT2D eigenvalue weighted by Crippen LogP contribution is -2.21. The van der Waals surface area contributed by atoms with Gasteiger partial charge in [0.2, 0.25) is 0 Å². The highest BCUT2D eigenvalue weighted by molar-refractivity contribution is 9.10. The Labute approximate surface area is 124 Å². The molecule has 0 saturated heterocycles. The molecule has 18 heavy (non-hydrogen) atoms. The fourth-order valence-electron chi connectivity index (χ4n) is 2.07. The lowest BCUT2D eigenvalue weighted by Gasteiger charge is -2.19. The first-order valence-corrected chi connectivity index (χ1v) is 7.24. The van der Waals surface area contributed by atoms with Crippen LogP contribution in [0.3, 0.4) is 0 Å². The lowest BCUT2D eigenvalue weighted by molar-refractivity contribution is 0.602. The number of benzene rings is 1. The van der Waals surface area contributed by atoms with Gasteiger partial charge < -0.3 is 5.32 Å². The largest absolute Gasteiger partial charge is 0.308 e. The Kier molecular flexibility index (Phi) is 4.25. The Balaban J connectivity index is 2.55. The molecule has 0 amide bonds. The van der Waals surface area contributed by atoms with Gasteiger partial charge in [-0.05, 0) is 41.5 Å².